The zero-order valence-corrected chi connectivity index (χ0v) is 23.6. The summed E-state index contributed by atoms with van der Waals surface area (Å²) in [5, 5.41) is 8.24. The number of aromatic amines is 1. The van der Waals surface area contributed by atoms with E-state index in [1.165, 1.54) is 7.11 Å². The molecular weight excluding hydrogens is 526 g/mol. The third-order valence-corrected chi connectivity index (χ3v) is 7.12. The van der Waals surface area contributed by atoms with Gasteiger partial charge in [0.05, 0.1) is 31.6 Å². The second-order valence-corrected chi connectivity index (χ2v) is 10.4. The lowest BCUT2D eigenvalue weighted by Crippen LogP contribution is -2.50. The van der Waals surface area contributed by atoms with E-state index in [-0.39, 0.29) is 23.8 Å². The van der Waals surface area contributed by atoms with E-state index in [9.17, 15) is 19.3 Å². The van der Waals surface area contributed by atoms with Crippen molar-refractivity contribution in [3.63, 3.8) is 0 Å². The Morgan fingerprint density at radius 3 is 2.32 bits per heavy atom. The fourth-order valence-corrected chi connectivity index (χ4v) is 4.65. The van der Waals surface area contributed by atoms with Gasteiger partial charge < -0.3 is 25.7 Å². The highest BCUT2D eigenvalue weighted by atomic mass is 16.5. The van der Waals surface area contributed by atoms with Crippen LogP contribution in [0.3, 0.4) is 0 Å². The van der Waals surface area contributed by atoms with Gasteiger partial charge in [-0.2, -0.15) is 0 Å². The van der Waals surface area contributed by atoms with Gasteiger partial charge in [0, 0.05) is 34.3 Å². The Labute approximate surface area is 238 Å². The predicted octanol–water partition coefficient (Wildman–Crippen LogP) is 3.37. The molecule has 0 bridgehead atoms. The second-order valence-electron chi connectivity index (χ2n) is 10.4. The Hall–Kier alpha value is -4.61. The molecule has 1 fully saturated rings. The van der Waals surface area contributed by atoms with Gasteiger partial charge >= 0.3 is 6.09 Å². The van der Waals surface area contributed by atoms with Gasteiger partial charge in [-0.3, -0.25) is 14.6 Å². The molecule has 1 saturated heterocycles. The Morgan fingerprint density at radius 1 is 1.00 bits per heavy atom. The van der Waals surface area contributed by atoms with Crippen molar-refractivity contribution >= 4 is 17.9 Å². The molecule has 4 rings (SSSR count). The molecule has 0 aliphatic carbocycles. The van der Waals surface area contributed by atoms with E-state index in [4.69, 9.17) is 0 Å². The van der Waals surface area contributed by atoms with Crippen LogP contribution in [0, 0.1) is 10.8 Å². The van der Waals surface area contributed by atoms with Crippen LogP contribution in [-0.2, 0) is 9.53 Å². The molecule has 2 aromatic heterocycles. The number of carbonyl (C=O) groups is 3. The van der Waals surface area contributed by atoms with Gasteiger partial charge in [-0.15, -0.1) is 0 Å². The maximum Gasteiger partial charge on any atom is 0.407 e. The maximum atomic E-state index is 12.8. The van der Waals surface area contributed by atoms with E-state index in [2.05, 4.69) is 35.6 Å². The summed E-state index contributed by atoms with van der Waals surface area (Å²) in [4.78, 5) is 60.5. The summed E-state index contributed by atoms with van der Waals surface area (Å²) >= 11 is 0. The number of alkyl carbamates (subject to hydrolysis) is 1. The number of nitrogens with zero attached hydrogens (tertiary/aromatic N) is 3. The van der Waals surface area contributed by atoms with Gasteiger partial charge in [-0.25, -0.2) is 9.78 Å². The van der Waals surface area contributed by atoms with Crippen molar-refractivity contribution in [3.8, 4) is 22.4 Å². The van der Waals surface area contributed by atoms with E-state index in [1.54, 1.807) is 18.5 Å². The van der Waals surface area contributed by atoms with Crippen molar-refractivity contribution in [2.75, 3.05) is 20.2 Å². The molecule has 3 amide bonds. The summed E-state index contributed by atoms with van der Waals surface area (Å²) in [7, 11) is 1.25. The van der Waals surface area contributed by atoms with Crippen LogP contribution in [0.15, 0.2) is 48.8 Å². The number of amides is 3. The smallest absolute Gasteiger partial charge is 0.407 e. The Kier molecular flexibility index (Phi) is 9.43. The van der Waals surface area contributed by atoms with Crippen LogP contribution in [0.5, 0.6) is 0 Å². The molecule has 3 unspecified atom stereocenters. The van der Waals surface area contributed by atoms with Gasteiger partial charge in [-0.05, 0) is 30.0 Å². The quantitative estimate of drug-likeness (QED) is 0.276. The highest BCUT2D eigenvalue weighted by Crippen LogP contribution is 2.25. The van der Waals surface area contributed by atoms with Crippen LogP contribution in [-0.4, -0.2) is 69.9 Å². The molecule has 3 heterocycles. The molecule has 1 aliphatic heterocycles. The van der Waals surface area contributed by atoms with Crippen molar-refractivity contribution in [3.05, 3.63) is 65.2 Å². The molecule has 41 heavy (non-hydrogen) atoms. The van der Waals surface area contributed by atoms with Gasteiger partial charge in [0.1, 0.15) is 17.6 Å². The minimum Gasteiger partial charge on any atom is -0.453 e. The number of aromatic nitrogens is 3. The maximum absolute atomic E-state index is 12.8. The van der Waals surface area contributed by atoms with Crippen molar-refractivity contribution < 1.29 is 23.9 Å². The molecule has 216 valence electrons. The van der Waals surface area contributed by atoms with Gasteiger partial charge in [0.2, 0.25) is 11.9 Å². The molecule has 3 aromatic rings. The predicted molar refractivity (Wildman–Crippen MR) is 152 cm³/mol. The van der Waals surface area contributed by atoms with Crippen LogP contribution in [0.25, 0.3) is 22.4 Å². The number of hydrogen-bond donors (Lipinski definition) is 4. The molecule has 4 N–H and O–H groups in total. The van der Waals surface area contributed by atoms with Crippen LogP contribution < -0.4 is 16.0 Å². The Bertz CT molecular complexity index is 1390. The van der Waals surface area contributed by atoms with Crippen LogP contribution in [0.2, 0.25) is 0 Å². The number of hydrogen-bond acceptors (Lipinski definition) is 7. The first-order valence-corrected chi connectivity index (χ1v) is 13.6. The van der Waals surface area contributed by atoms with Crippen LogP contribution in [0.4, 0.5) is 4.79 Å². The molecule has 0 saturated carbocycles. The number of nitrogens with one attached hydrogen (secondary N) is 4. The van der Waals surface area contributed by atoms with Gasteiger partial charge in [0.15, 0.2) is 6.54 Å². The summed E-state index contributed by atoms with van der Waals surface area (Å²) in [6.07, 6.45) is 4.32. The van der Waals surface area contributed by atoms with Crippen molar-refractivity contribution in [1.82, 2.24) is 30.9 Å². The Balaban J connectivity index is 1.35. The lowest BCUT2D eigenvalue weighted by Gasteiger charge is -2.22. The highest BCUT2D eigenvalue weighted by Gasteiger charge is 2.32. The minimum atomic E-state index is -0.744. The fraction of sp³-hybridized carbons (Fsp3) is 0.414. The lowest BCUT2D eigenvalue weighted by atomic mass is 10.0. The van der Waals surface area contributed by atoms with E-state index >= 15 is 0 Å². The van der Waals surface area contributed by atoms with Gasteiger partial charge in [0.25, 0.3) is 5.91 Å². The molecule has 0 spiro atoms. The number of imidazole rings is 1. The number of pyridine rings is 1. The third kappa shape index (κ3) is 7.33. The number of rotatable bonds is 10. The van der Waals surface area contributed by atoms with E-state index in [0.29, 0.717) is 24.6 Å². The van der Waals surface area contributed by atoms with E-state index in [0.717, 1.165) is 40.0 Å². The van der Waals surface area contributed by atoms with E-state index in [1.807, 2.05) is 51.1 Å². The number of ether oxygens (including phenoxy) is 1. The van der Waals surface area contributed by atoms with Crippen molar-refractivity contribution in [2.45, 2.75) is 51.7 Å². The zero-order chi connectivity index (χ0) is 29.5. The largest absolute Gasteiger partial charge is 0.453 e. The molecule has 3 atom stereocenters. The van der Waals surface area contributed by atoms with Crippen LogP contribution >= 0.6 is 0 Å². The molecule has 0 radical (unpaired) electrons. The van der Waals surface area contributed by atoms with Crippen LogP contribution in [0.1, 0.15) is 56.0 Å². The normalized spacial score (nSPS) is 16.2. The molecule has 1 aliphatic rings. The molecule has 12 heteroatoms. The summed E-state index contributed by atoms with van der Waals surface area (Å²) in [6.45, 7) is 6.31. The van der Waals surface area contributed by atoms with Crippen molar-refractivity contribution in [2.24, 2.45) is 5.92 Å². The van der Waals surface area contributed by atoms with E-state index < -0.39 is 18.2 Å². The molecule has 12 nitrogen and oxygen atoms in total. The van der Waals surface area contributed by atoms with Crippen molar-refractivity contribution in [1.29, 1.82) is 0 Å². The average Bonchev–Trinajstić information content (AvgIpc) is 3.64. The standard InChI is InChI=1S/C29H35N7O5/c1-17(2)25(35-29(39)41-4)28(38)33-18(3)26-31-16-24(34-26)20-9-7-19(8-10-20)21-11-12-23(30-14-21)27(37)32-15-22-6-5-13-36(22)40/h7-12,14,16-18,22,25H,5-6,13,15H2,1-4H3,(H3-,31,32,33,34,35,37,38,39)/p+1. The summed E-state index contributed by atoms with van der Waals surface area (Å²) < 4.78 is 5.65. The monoisotopic (exact) mass is 562 g/mol. The highest BCUT2D eigenvalue weighted by molar-refractivity contribution is 5.92. The fourth-order valence-electron chi connectivity index (χ4n) is 4.65. The number of methoxy groups -OCH3 is 1. The first-order chi connectivity index (χ1) is 19.7. The minimum absolute atomic E-state index is 0.136. The SMILES string of the molecule is COC(=O)NC(C(=O)NC(C)c1ncc(-c2ccc(-c3ccc(C(=O)NCC4CCC[N+]4=O)nc3)cc2)[nH]1)C(C)C. The van der Waals surface area contributed by atoms with Gasteiger partial charge in [-0.1, -0.05) is 44.2 Å². The summed E-state index contributed by atoms with van der Waals surface area (Å²) in [5.74, 6) is -0.192. The number of H-pyrrole nitrogens is 1. The topological polar surface area (TPSA) is 158 Å². The third-order valence-electron chi connectivity index (χ3n) is 7.12. The lowest BCUT2D eigenvalue weighted by molar-refractivity contribution is -0.562. The zero-order valence-electron chi connectivity index (χ0n) is 23.6. The number of nitroso groups, excluding NO2 is 1. The number of carbonyl (C=O) groups excluding carboxylic acids is 3. The summed E-state index contributed by atoms with van der Waals surface area (Å²) in [5.41, 5.74) is 3.77. The first kappa shape index (κ1) is 29.4. The number of benzene rings is 1. The first-order valence-electron chi connectivity index (χ1n) is 13.6. The molecule has 1 aromatic carbocycles. The Morgan fingerprint density at radius 2 is 1.71 bits per heavy atom. The average molecular weight is 563 g/mol. The second kappa shape index (κ2) is 13.2. The molecular formula is C29H36N7O5+. The summed E-state index contributed by atoms with van der Waals surface area (Å²) in [6, 6.07) is 9.97.